The standard InChI is InChI=1S/C27H27ClF3N3O/c1-18(2)33-13-15-34(16-14-33)23-10-8-22(9-11-23)32-26(35)24-12-7-21(28)17-25(24)19-3-5-20(6-4-19)27(29,30)31/h3-12,17-18H,13-16H2,1-2H3,(H,32,35). The van der Waals surface area contributed by atoms with Crippen molar-refractivity contribution in [2.45, 2.75) is 26.1 Å². The number of amides is 1. The molecule has 0 spiro atoms. The van der Waals surface area contributed by atoms with E-state index in [2.05, 4.69) is 29.0 Å². The van der Waals surface area contributed by atoms with Crippen molar-refractivity contribution >= 4 is 28.9 Å². The van der Waals surface area contributed by atoms with E-state index < -0.39 is 11.7 Å². The maximum atomic E-state index is 13.1. The Kier molecular flexibility index (Phi) is 7.38. The van der Waals surface area contributed by atoms with Crippen LogP contribution >= 0.6 is 11.6 Å². The molecular formula is C27H27ClF3N3O. The molecule has 0 saturated carbocycles. The van der Waals surface area contributed by atoms with Gasteiger partial charge < -0.3 is 10.2 Å². The molecule has 35 heavy (non-hydrogen) atoms. The van der Waals surface area contributed by atoms with Crippen LogP contribution in [0.15, 0.2) is 66.7 Å². The van der Waals surface area contributed by atoms with Crippen LogP contribution in [0.2, 0.25) is 5.02 Å². The SMILES string of the molecule is CC(C)N1CCN(c2ccc(NC(=O)c3ccc(Cl)cc3-c3ccc(C(F)(F)F)cc3)cc2)CC1. The number of nitrogens with one attached hydrogen (secondary N) is 1. The van der Waals surface area contributed by atoms with Crippen molar-refractivity contribution in [3.8, 4) is 11.1 Å². The van der Waals surface area contributed by atoms with Crippen LogP contribution in [-0.4, -0.2) is 43.0 Å². The molecule has 0 bridgehead atoms. The molecule has 1 amide bonds. The van der Waals surface area contributed by atoms with E-state index in [1.807, 2.05) is 24.3 Å². The zero-order chi connectivity index (χ0) is 25.2. The van der Waals surface area contributed by atoms with Crippen LogP contribution in [0.1, 0.15) is 29.8 Å². The number of rotatable bonds is 5. The quantitative estimate of drug-likeness (QED) is 0.417. The molecule has 3 aromatic carbocycles. The summed E-state index contributed by atoms with van der Waals surface area (Å²) >= 11 is 6.13. The molecule has 1 saturated heterocycles. The van der Waals surface area contributed by atoms with Gasteiger partial charge in [-0.1, -0.05) is 23.7 Å². The van der Waals surface area contributed by atoms with Gasteiger partial charge >= 0.3 is 6.18 Å². The van der Waals surface area contributed by atoms with Crippen LogP contribution in [-0.2, 0) is 6.18 Å². The Bertz CT molecular complexity index is 1170. The average Bonchev–Trinajstić information content (AvgIpc) is 2.84. The summed E-state index contributed by atoms with van der Waals surface area (Å²) in [7, 11) is 0. The molecule has 1 aliphatic rings. The van der Waals surface area contributed by atoms with Crippen LogP contribution in [0, 0.1) is 0 Å². The number of anilines is 2. The zero-order valence-electron chi connectivity index (χ0n) is 19.6. The Morgan fingerprint density at radius 2 is 1.54 bits per heavy atom. The number of hydrogen-bond donors (Lipinski definition) is 1. The van der Waals surface area contributed by atoms with Gasteiger partial charge in [0, 0.05) is 54.2 Å². The van der Waals surface area contributed by atoms with Gasteiger partial charge in [-0.3, -0.25) is 9.69 Å². The fourth-order valence-corrected chi connectivity index (χ4v) is 4.41. The first kappa shape index (κ1) is 25.1. The predicted molar refractivity (Wildman–Crippen MR) is 135 cm³/mol. The average molecular weight is 502 g/mol. The molecule has 0 aliphatic carbocycles. The Morgan fingerprint density at radius 3 is 2.11 bits per heavy atom. The van der Waals surface area contributed by atoms with Gasteiger partial charge in [0.15, 0.2) is 0 Å². The summed E-state index contributed by atoms with van der Waals surface area (Å²) in [4.78, 5) is 17.9. The highest BCUT2D eigenvalue weighted by Crippen LogP contribution is 2.33. The summed E-state index contributed by atoms with van der Waals surface area (Å²) in [5, 5.41) is 3.27. The van der Waals surface area contributed by atoms with Crippen molar-refractivity contribution in [2.75, 3.05) is 36.4 Å². The number of carbonyl (C=O) groups is 1. The van der Waals surface area contributed by atoms with Gasteiger partial charge in [-0.2, -0.15) is 13.2 Å². The number of piperazine rings is 1. The van der Waals surface area contributed by atoms with Crippen molar-refractivity contribution in [2.24, 2.45) is 0 Å². The van der Waals surface area contributed by atoms with E-state index in [0.717, 1.165) is 44.0 Å². The summed E-state index contributed by atoms with van der Waals surface area (Å²) < 4.78 is 38.8. The van der Waals surface area contributed by atoms with Crippen molar-refractivity contribution in [1.29, 1.82) is 0 Å². The molecule has 4 rings (SSSR count). The van der Waals surface area contributed by atoms with Gasteiger partial charge in [-0.25, -0.2) is 0 Å². The van der Waals surface area contributed by atoms with Crippen molar-refractivity contribution in [3.63, 3.8) is 0 Å². The number of hydrogen-bond acceptors (Lipinski definition) is 3. The first-order chi connectivity index (χ1) is 16.6. The molecule has 1 fully saturated rings. The van der Waals surface area contributed by atoms with Crippen LogP contribution < -0.4 is 10.2 Å². The molecule has 1 aliphatic heterocycles. The molecule has 0 aromatic heterocycles. The minimum Gasteiger partial charge on any atom is -0.369 e. The van der Waals surface area contributed by atoms with Gasteiger partial charge in [-0.15, -0.1) is 0 Å². The minimum absolute atomic E-state index is 0.322. The highest BCUT2D eigenvalue weighted by molar-refractivity contribution is 6.31. The third kappa shape index (κ3) is 5.97. The second-order valence-corrected chi connectivity index (χ2v) is 9.32. The van der Waals surface area contributed by atoms with E-state index in [1.165, 1.54) is 12.1 Å². The fourth-order valence-electron chi connectivity index (χ4n) is 4.24. The van der Waals surface area contributed by atoms with Crippen LogP contribution in [0.4, 0.5) is 24.5 Å². The highest BCUT2D eigenvalue weighted by atomic mass is 35.5. The zero-order valence-corrected chi connectivity index (χ0v) is 20.3. The minimum atomic E-state index is -4.43. The number of halogens is 4. The van der Waals surface area contributed by atoms with Crippen molar-refractivity contribution < 1.29 is 18.0 Å². The lowest BCUT2D eigenvalue weighted by Gasteiger charge is -2.38. The summed E-state index contributed by atoms with van der Waals surface area (Å²) in [6.45, 7) is 8.34. The highest BCUT2D eigenvalue weighted by Gasteiger charge is 2.30. The second kappa shape index (κ2) is 10.3. The molecule has 0 atom stereocenters. The second-order valence-electron chi connectivity index (χ2n) is 8.88. The van der Waals surface area contributed by atoms with Crippen molar-refractivity contribution in [3.05, 3.63) is 82.9 Å². The lowest BCUT2D eigenvalue weighted by molar-refractivity contribution is -0.137. The lowest BCUT2D eigenvalue weighted by Crippen LogP contribution is -2.48. The van der Waals surface area contributed by atoms with Gasteiger partial charge in [0.1, 0.15) is 0 Å². The Hall–Kier alpha value is -3.03. The maximum absolute atomic E-state index is 13.1. The summed E-state index contributed by atoms with van der Waals surface area (Å²) in [6, 6.07) is 17.7. The first-order valence-corrected chi connectivity index (χ1v) is 11.9. The van der Waals surface area contributed by atoms with Gasteiger partial charge in [-0.05, 0) is 79.6 Å². The van der Waals surface area contributed by atoms with Crippen LogP contribution in [0.3, 0.4) is 0 Å². The molecule has 0 unspecified atom stereocenters. The Morgan fingerprint density at radius 1 is 0.914 bits per heavy atom. The number of alkyl halides is 3. The van der Waals surface area contributed by atoms with Gasteiger partial charge in [0.25, 0.3) is 5.91 Å². The van der Waals surface area contributed by atoms with Gasteiger partial charge in [0.2, 0.25) is 0 Å². The molecule has 0 radical (unpaired) electrons. The van der Waals surface area contributed by atoms with E-state index >= 15 is 0 Å². The Labute approximate surface area is 208 Å². The molecule has 184 valence electrons. The maximum Gasteiger partial charge on any atom is 0.416 e. The Balaban J connectivity index is 1.49. The van der Waals surface area contributed by atoms with Crippen LogP contribution in [0.5, 0.6) is 0 Å². The molecule has 4 nitrogen and oxygen atoms in total. The molecule has 8 heteroatoms. The number of benzene rings is 3. The predicted octanol–water partition coefficient (Wildman–Crippen LogP) is 6.81. The lowest BCUT2D eigenvalue weighted by atomic mass is 9.98. The third-order valence-corrected chi connectivity index (χ3v) is 6.52. The van der Waals surface area contributed by atoms with E-state index in [0.29, 0.717) is 33.4 Å². The molecule has 3 aromatic rings. The topological polar surface area (TPSA) is 35.6 Å². The third-order valence-electron chi connectivity index (χ3n) is 6.28. The molecule has 1 heterocycles. The first-order valence-electron chi connectivity index (χ1n) is 11.5. The molecular weight excluding hydrogens is 475 g/mol. The van der Waals surface area contributed by atoms with Crippen LogP contribution in [0.25, 0.3) is 11.1 Å². The van der Waals surface area contributed by atoms with E-state index in [9.17, 15) is 18.0 Å². The summed E-state index contributed by atoms with van der Waals surface area (Å²) in [6.07, 6.45) is -4.43. The van der Waals surface area contributed by atoms with E-state index in [4.69, 9.17) is 11.6 Å². The number of nitrogens with zero attached hydrogens (tertiary/aromatic N) is 2. The smallest absolute Gasteiger partial charge is 0.369 e. The number of carbonyl (C=O) groups excluding carboxylic acids is 1. The fraction of sp³-hybridized carbons (Fsp3) is 0.296. The summed E-state index contributed by atoms with van der Waals surface area (Å²) in [5.74, 6) is -0.366. The molecule has 1 N–H and O–H groups in total. The monoisotopic (exact) mass is 501 g/mol. The summed E-state index contributed by atoms with van der Waals surface area (Å²) in [5.41, 5.74) is 2.24. The largest absolute Gasteiger partial charge is 0.416 e. The van der Waals surface area contributed by atoms with E-state index in [-0.39, 0.29) is 5.91 Å². The van der Waals surface area contributed by atoms with Crippen molar-refractivity contribution in [1.82, 2.24) is 4.90 Å². The van der Waals surface area contributed by atoms with Gasteiger partial charge in [0.05, 0.1) is 5.56 Å². The normalized spacial score (nSPS) is 14.9. The van der Waals surface area contributed by atoms with E-state index in [1.54, 1.807) is 18.2 Å².